The second kappa shape index (κ2) is 20.6. The van der Waals surface area contributed by atoms with Gasteiger partial charge in [0.1, 0.15) is 15.6 Å². The summed E-state index contributed by atoms with van der Waals surface area (Å²) in [6, 6.07) is 11.3. The fourth-order valence-electron chi connectivity index (χ4n) is 2.48. The Morgan fingerprint density at radius 3 is 1.50 bits per heavy atom. The lowest BCUT2D eigenvalue weighted by Gasteiger charge is -2.12. The molecule has 11 nitrogen and oxygen atoms in total. The van der Waals surface area contributed by atoms with Crippen molar-refractivity contribution < 1.29 is 28.6 Å². The first-order chi connectivity index (χ1) is 19.0. The smallest absolute Gasteiger partial charge is 0.329 e. The molecule has 15 heteroatoms. The number of hydrogen-bond acceptors (Lipinski definition) is 11. The minimum absolute atomic E-state index is 0.0120. The predicted octanol–water partition coefficient (Wildman–Crippen LogP) is 5.80. The zero-order chi connectivity index (χ0) is 30.7. The Kier molecular flexibility index (Phi) is 18.9. The Bertz CT molecular complexity index is 1190. The van der Waals surface area contributed by atoms with Gasteiger partial charge in [0.25, 0.3) is 0 Å². The van der Waals surface area contributed by atoms with Crippen LogP contribution in [0.3, 0.4) is 0 Å². The van der Waals surface area contributed by atoms with E-state index >= 15 is 0 Å². The second-order valence-corrected chi connectivity index (χ2v) is 9.33. The van der Waals surface area contributed by atoms with Crippen molar-refractivity contribution in [2.24, 2.45) is 0 Å². The van der Waals surface area contributed by atoms with Crippen LogP contribution in [0.25, 0.3) is 0 Å². The SMILES string of the molecule is CCOC(=O)C(C#N)c1cc(Cl)cc(C(C#N)C(=O)OCC)n1.CCOC(=O)CC#N.Clc1cc(Br)nc(Br)c1. The number of hydrogen-bond donors (Lipinski definition) is 0. The van der Waals surface area contributed by atoms with Gasteiger partial charge in [-0.2, -0.15) is 15.8 Å². The first-order valence-electron chi connectivity index (χ1n) is 11.3. The van der Waals surface area contributed by atoms with Crippen LogP contribution in [0.1, 0.15) is 50.4 Å². The molecule has 0 saturated heterocycles. The molecule has 0 saturated carbocycles. The molecule has 0 radical (unpaired) electrons. The molecule has 0 N–H and O–H groups in total. The van der Waals surface area contributed by atoms with Crippen molar-refractivity contribution >= 4 is 73.0 Å². The number of rotatable bonds is 8. The molecule has 40 heavy (non-hydrogen) atoms. The minimum Gasteiger partial charge on any atom is -0.465 e. The number of halogens is 4. The summed E-state index contributed by atoms with van der Waals surface area (Å²) in [5, 5.41) is 27.0. The minimum atomic E-state index is -1.30. The van der Waals surface area contributed by atoms with E-state index in [-0.39, 0.29) is 36.0 Å². The normalized spacial score (nSPS) is 10.8. The van der Waals surface area contributed by atoms with Crippen LogP contribution in [0.4, 0.5) is 0 Å². The molecule has 2 aromatic rings. The molecule has 2 heterocycles. The topological polar surface area (TPSA) is 176 Å². The van der Waals surface area contributed by atoms with Crippen molar-refractivity contribution in [3.05, 3.63) is 54.9 Å². The van der Waals surface area contributed by atoms with Crippen LogP contribution in [0, 0.1) is 34.0 Å². The van der Waals surface area contributed by atoms with Gasteiger partial charge in [0.05, 0.1) is 49.4 Å². The van der Waals surface area contributed by atoms with Crippen LogP contribution in [0.5, 0.6) is 0 Å². The zero-order valence-corrected chi connectivity index (χ0v) is 26.2. The largest absolute Gasteiger partial charge is 0.465 e. The Morgan fingerprint density at radius 1 is 0.775 bits per heavy atom. The summed E-state index contributed by atoms with van der Waals surface area (Å²) < 4.78 is 15.5. The average molecular weight is 720 g/mol. The molecule has 2 rings (SSSR count). The van der Waals surface area contributed by atoms with E-state index in [2.05, 4.69) is 46.6 Å². The van der Waals surface area contributed by atoms with Gasteiger partial charge >= 0.3 is 17.9 Å². The molecule has 2 aromatic heterocycles. The molecule has 0 aliphatic carbocycles. The molecule has 0 aliphatic rings. The number of carbonyl (C=O) groups excluding carboxylic acids is 3. The maximum Gasteiger partial charge on any atom is 0.329 e. The molecule has 212 valence electrons. The quantitative estimate of drug-likeness (QED) is 0.183. The molecule has 2 unspecified atom stereocenters. The van der Waals surface area contributed by atoms with Crippen molar-refractivity contribution in [1.82, 2.24) is 9.97 Å². The Morgan fingerprint density at radius 2 is 1.18 bits per heavy atom. The highest BCUT2D eigenvalue weighted by Gasteiger charge is 2.28. The number of esters is 3. The van der Waals surface area contributed by atoms with E-state index in [0.717, 1.165) is 9.21 Å². The Labute approximate surface area is 258 Å². The number of nitriles is 3. The van der Waals surface area contributed by atoms with E-state index in [1.165, 1.54) is 12.1 Å². The summed E-state index contributed by atoms with van der Waals surface area (Å²) >= 11 is 18.0. The number of ether oxygens (including phenoxy) is 3. The van der Waals surface area contributed by atoms with Crippen molar-refractivity contribution in [2.75, 3.05) is 19.8 Å². The first-order valence-corrected chi connectivity index (χ1v) is 13.6. The summed E-state index contributed by atoms with van der Waals surface area (Å²) in [4.78, 5) is 41.8. The number of nitrogens with zero attached hydrogens (tertiary/aromatic N) is 5. The number of carbonyl (C=O) groups is 3. The standard InChI is InChI=1S/C15H14ClN3O4.C5H2Br2ClN.C5H7NO2/c1-3-22-14(20)10(7-17)12-5-9(16)6-13(19-12)11(8-18)15(21)23-4-2;6-4-1-3(8)2-5(7)9-4;1-2-8-5(7)3-4-6/h5-6,10-11H,3-4H2,1-2H3;1-2H;2-3H2,1H3. The van der Waals surface area contributed by atoms with Crippen molar-refractivity contribution in [3.8, 4) is 18.2 Å². The van der Waals surface area contributed by atoms with Crippen LogP contribution >= 0.6 is 55.1 Å². The van der Waals surface area contributed by atoms with Crippen molar-refractivity contribution in [1.29, 1.82) is 15.8 Å². The lowest BCUT2D eigenvalue weighted by Crippen LogP contribution is -2.19. The highest BCUT2D eigenvalue weighted by molar-refractivity contribution is 9.11. The van der Waals surface area contributed by atoms with Crippen LogP contribution in [-0.2, 0) is 28.6 Å². The highest BCUT2D eigenvalue weighted by atomic mass is 79.9. The molecule has 0 aliphatic heterocycles. The van der Waals surface area contributed by atoms with Gasteiger partial charge in [0.2, 0.25) is 0 Å². The molecular formula is C25H23Br2Cl2N5O6. The molecule has 0 bridgehead atoms. The molecule has 0 aromatic carbocycles. The van der Waals surface area contributed by atoms with E-state index in [1.807, 2.05) is 0 Å². The summed E-state index contributed by atoms with van der Waals surface area (Å²) in [5.74, 6) is -4.60. The van der Waals surface area contributed by atoms with Crippen molar-refractivity contribution in [3.63, 3.8) is 0 Å². The van der Waals surface area contributed by atoms with Gasteiger partial charge in [0, 0.05) is 10.0 Å². The average Bonchev–Trinajstić information content (AvgIpc) is 2.85. The summed E-state index contributed by atoms with van der Waals surface area (Å²) in [6.07, 6.45) is -0.145. The third-order valence-corrected chi connectivity index (χ3v) is 5.23. The van der Waals surface area contributed by atoms with Crippen LogP contribution in [-0.4, -0.2) is 47.7 Å². The second-order valence-electron chi connectivity index (χ2n) is 6.83. The molecule has 0 amide bonds. The monoisotopic (exact) mass is 717 g/mol. The lowest BCUT2D eigenvalue weighted by molar-refractivity contribution is -0.144. The van der Waals surface area contributed by atoms with Gasteiger partial charge in [0.15, 0.2) is 11.8 Å². The van der Waals surface area contributed by atoms with Gasteiger partial charge in [-0.15, -0.1) is 0 Å². The third kappa shape index (κ3) is 14.2. The summed E-state index contributed by atoms with van der Waals surface area (Å²) in [5.41, 5.74) is 0.0241. The number of aromatic nitrogens is 2. The molecule has 0 spiro atoms. The van der Waals surface area contributed by atoms with Crippen molar-refractivity contribution in [2.45, 2.75) is 39.0 Å². The first kappa shape index (κ1) is 36.7. The van der Waals surface area contributed by atoms with E-state index in [9.17, 15) is 14.4 Å². The molecule has 2 atom stereocenters. The van der Waals surface area contributed by atoms with E-state index in [4.69, 9.17) is 48.5 Å². The van der Waals surface area contributed by atoms with E-state index < -0.39 is 29.7 Å². The van der Waals surface area contributed by atoms with Crippen LogP contribution < -0.4 is 0 Å². The Balaban J connectivity index is 0.000000726. The zero-order valence-electron chi connectivity index (χ0n) is 21.5. The maximum atomic E-state index is 11.8. The van der Waals surface area contributed by atoms with Gasteiger partial charge in [-0.25, -0.2) is 4.98 Å². The fraction of sp³-hybridized carbons (Fsp3) is 0.360. The van der Waals surface area contributed by atoms with Gasteiger partial charge in [-0.1, -0.05) is 23.2 Å². The summed E-state index contributed by atoms with van der Waals surface area (Å²) in [6.45, 7) is 5.48. The predicted molar refractivity (Wildman–Crippen MR) is 151 cm³/mol. The van der Waals surface area contributed by atoms with Crippen LogP contribution in [0.2, 0.25) is 10.0 Å². The summed E-state index contributed by atoms with van der Waals surface area (Å²) in [7, 11) is 0. The fourth-order valence-corrected chi connectivity index (χ4v) is 4.28. The highest BCUT2D eigenvalue weighted by Crippen LogP contribution is 2.24. The Hall–Kier alpha value is -3.28. The van der Waals surface area contributed by atoms with Gasteiger partial charge < -0.3 is 14.2 Å². The maximum absolute atomic E-state index is 11.8. The molecular weight excluding hydrogens is 697 g/mol. The molecule has 0 fully saturated rings. The van der Waals surface area contributed by atoms with E-state index in [0.29, 0.717) is 11.6 Å². The van der Waals surface area contributed by atoms with Gasteiger partial charge in [-0.3, -0.25) is 19.4 Å². The van der Waals surface area contributed by atoms with E-state index in [1.54, 1.807) is 51.1 Å². The lowest BCUT2D eigenvalue weighted by atomic mass is 10.0. The van der Waals surface area contributed by atoms with Crippen LogP contribution in [0.15, 0.2) is 33.5 Å². The number of pyridine rings is 2. The van der Waals surface area contributed by atoms with Gasteiger partial charge in [-0.05, 0) is 76.9 Å². The third-order valence-electron chi connectivity index (χ3n) is 3.98.